The van der Waals surface area contributed by atoms with E-state index in [1.54, 1.807) is 22.8 Å². The van der Waals surface area contributed by atoms with E-state index in [4.69, 9.17) is 13.8 Å². The Balaban J connectivity index is 1.24. The van der Waals surface area contributed by atoms with Gasteiger partial charge in [0.05, 0.1) is 23.7 Å². The Labute approximate surface area is 210 Å². The maximum absolute atomic E-state index is 12.2. The van der Waals surface area contributed by atoms with Gasteiger partial charge in [-0.05, 0) is 60.7 Å². The van der Waals surface area contributed by atoms with Crippen LogP contribution in [-0.2, 0) is 0 Å². The summed E-state index contributed by atoms with van der Waals surface area (Å²) in [5.74, 6) is 0.500. The number of carbonyl (C=O) groups excluding carboxylic acids is 1. The molecule has 0 bridgehead atoms. The molecule has 0 unspecified atom stereocenters. The number of fused-ring (bicyclic) bond motifs is 4. The van der Waals surface area contributed by atoms with Crippen LogP contribution in [0.1, 0.15) is 10.6 Å². The molecule has 0 spiro atoms. The summed E-state index contributed by atoms with van der Waals surface area (Å²) >= 11 is 0. The van der Waals surface area contributed by atoms with Crippen molar-refractivity contribution in [2.24, 2.45) is 0 Å². The molecule has 0 saturated heterocycles. The largest absolute Gasteiger partial charge is 0.459 e. The van der Waals surface area contributed by atoms with Crippen LogP contribution < -0.4 is 10.6 Å². The summed E-state index contributed by atoms with van der Waals surface area (Å²) < 4.78 is 13.1. The van der Waals surface area contributed by atoms with E-state index in [1.165, 1.54) is 6.26 Å². The molecule has 0 aliphatic rings. The zero-order chi connectivity index (χ0) is 24.8. The van der Waals surface area contributed by atoms with Crippen molar-refractivity contribution >= 4 is 50.7 Å². The minimum absolute atomic E-state index is 0.253. The molecule has 7 rings (SSSR count). The molecule has 0 saturated carbocycles. The molecule has 4 heterocycles. The molecule has 0 atom stereocenters. The van der Waals surface area contributed by atoms with Crippen LogP contribution in [0.4, 0.5) is 17.3 Å². The number of furan rings is 2. The van der Waals surface area contributed by atoms with Gasteiger partial charge in [0, 0.05) is 27.7 Å². The summed E-state index contributed by atoms with van der Waals surface area (Å²) in [5.41, 5.74) is 5.63. The van der Waals surface area contributed by atoms with E-state index in [9.17, 15) is 4.79 Å². The molecule has 8 nitrogen and oxygen atoms in total. The van der Waals surface area contributed by atoms with Crippen molar-refractivity contribution in [1.29, 1.82) is 0 Å². The average molecular weight is 486 g/mol. The fourth-order valence-corrected chi connectivity index (χ4v) is 4.47. The quantitative estimate of drug-likeness (QED) is 0.276. The molecular weight excluding hydrogens is 466 g/mol. The van der Waals surface area contributed by atoms with E-state index in [1.807, 2.05) is 66.7 Å². The van der Waals surface area contributed by atoms with Gasteiger partial charge in [0.2, 0.25) is 5.95 Å². The lowest BCUT2D eigenvalue weighted by atomic mass is 10.1. The van der Waals surface area contributed by atoms with Gasteiger partial charge in [-0.3, -0.25) is 4.79 Å². The van der Waals surface area contributed by atoms with E-state index >= 15 is 0 Å². The lowest BCUT2D eigenvalue weighted by Gasteiger charge is -2.11. The first-order valence-corrected chi connectivity index (χ1v) is 11.7. The van der Waals surface area contributed by atoms with Crippen LogP contribution in [-0.4, -0.2) is 20.5 Å². The normalized spacial score (nSPS) is 11.4. The SMILES string of the molecule is O=C(Nc1ccc(Nc2nc(-c3cccc4c3oc3ccccc34)cc3ccnn23)cc1)c1ccco1. The molecule has 0 radical (unpaired) electrons. The van der Waals surface area contributed by atoms with Crippen LogP contribution in [0.2, 0.25) is 0 Å². The van der Waals surface area contributed by atoms with Gasteiger partial charge in [-0.2, -0.15) is 5.10 Å². The second-order valence-corrected chi connectivity index (χ2v) is 8.55. The number of anilines is 3. The van der Waals surface area contributed by atoms with Gasteiger partial charge in [0.15, 0.2) is 5.76 Å². The summed E-state index contributed by atoms with van der Waals surface area (Å²) in [5, 5.41) is 12.7. The van der Waals surface area contributed by atoms with Crippen molar-refractivity contribution in [3.8, 4) is 11.3 Å². The molecule has 3 aromatic carbocycles. The van der Waals surface area contributed by atoms with Gasteiger partial charge in [-0.25, -0.2) is 9.50 Å². The molecule has 0 aliphatic carbocycles. The molecule has 2 N–H and O–H groups in total. The van der Waals surface area contributed by atoms with Crippen molar-refractivity contribution in [2.75, 3.05) is 10.6 Å². The summed E-state index contributed by atoms with van der Waals surface area (Å²) in [6, 6.07) is 28.7. The molecule has 1 amide bonds. The van der Waals surface area contributed by atoms with Gasteiger partial charge >= 0.3 is 0 Å². The molecule has 0 fully saturated rings. The Kier molecular flexibility index (Phi) is 4.75. The first-order chi connectivity index (χ1) is 18.2. The number of nitrogens with one attached hydrogen (secondary N) is 2. The topological polar surface area (TPSA) is 97.6 Å². The highest BCUT2D eigenvalue weighted by molar-refractivity contribution is 6.09. The van der Waals surface area contributed by atoms with Crippen molar-refractivity contribution in [3.05, 3.63) is 109 Å². The fourth-order valence-electron chi connectivity index (χ4n) is 4.47. The Bertz CT molecular complexity index is 1900. The molecule has 37 heavy (non-hydrogen) atoms. The van der Waals surface area contributed by atoms with Crippen LogP contribution in [0.3, 0.4) is 0 Å². The summed E-state index contributed by atoms with van der Waals surface area (Å²) in [6.45, 7) is 0. The number of carbonyl (C=O) groups is 1. The Hall–Kier alpha value is -5.37. The highest BCUT2D eigenvalue weighted by Gasteiger charge is 2.16. The Morgan fingerprint density at radius 3 is 2.54 bits per heavy atom. The van der Waals surface area contributed by atoms with Gasteiger partial charge in [0.1, 0.15) is 11.2 Å². The molecular formula is C29H19N5O3. The number of amides is 1. The number of rotatable bonds is 5. The van der Waals surface area contributed by atoms with Crippen LogP contribution in [0.25, 0.3) is 38.7 Å². The number of nitrogens with zero attached hydrogens (tertiary/aromatic N) is 3. The highest BCUT2D eigenvalue weighted by Crippen LogP contribution is 2.36. The lowest BCUT2D eigenvalue weighted by Crippen LogP contribution is -2.10. The Morgan fingerprint density at radius 2 is 1.68 bits per heavy atom. The van der Waals surface area contributed by atoms with Crippen LogP contribution in [0.5, 0.6) is 0 Å². The summed E-state index contributed by atoms with van der Waals surface area (Å²) in [7, 11) is 0. The number of hydrogen-bond donors (Lipinski definition) is 2. The first kappa shape index (κ1) is 21.0. The lowest BCUT2D eigenvalue weighted by molar-refractivity contribution is 0.0996. The monoisotopic (exact) mass is 485 g/mol. The van der Waals surface area contributed by atoms with Gasteiger partial charge in [-0.15, -0.1) is 0 Å². The maximum atomic E-state index is 12.2. The number of hydrogen-bond acceptors (Lipinski definition) is 6. The molecule has 4 aromatic heterocycles. The zero-order valence-corrected chi connectivity index (χ0v) is 19.4. The van der Waals surface area contributed by atoms with Gasteiger partial charge in [0.25, 0.3) is 5.91 Å². The third-order valence-corrected chi connectivity index (χ3v) is 6.21. The predicted octanol–water partition coefficient (Wildman–Crippen LogP) is 6.88. The molecule has 7 aromatic rings. The van der Waals surface area contributed by atoms with E-state index in [0.29, 0.717) is 11.6 Å². The van der Waals surface area contributed by atoms with Crippen molar-refractivity contribution in [3.63, 3.8) is 0 Å². The second kappa shape index (κ2) is 8.39. The summed E-state index contributed by atoms with van der Waals surface area (Å²) in [6.07, 6.45) is 3.20. The predicted molar refractivity (Wildman–Crippen MR) is 142 cm³/mol. The number of aromatic nitrogens is 3. The molecule has 178 valence electrons. The highest BCUT2D eigenvalue weighted by atomic mass is 16.3. The third kappa shape index (κ3) is 3.68. The van der Waals surface area contributed by atoms with Crippen molar-refractivity contribution in [2.45, 2.75) is 0 Å². The number of para-hydroxylation sites is 2. The zero-order valence-electron chi connectivity index (χ0n) is 19.4. The van der Waals surface area contributed by atoms with Gasteiger partial charge in [-0.1, -0.05) is 30.3 Å². The number of benzene rings is 3. The van der Waals surface area contributed by atoms with Crippen LogP contribution in [0.15, 0.2) is 112 Å². The third-order valence-electron chi connectivity index (χ3n) is 6.21. The molecule has 0 aliphatic heterocycles. The summed E-state index contributed by atoms with van der Waals surface area (Å²) in [4.78, 5) is 17.2. The molecule has 8 heteroatoms. The van der Waals surface area contributed by atoms with Gasteiger partial charge < -0.3 is 19.5 Å². The van der Waals surface area contributed by atoms with Crippen molar-refractivity contribution in [1.82, 2.24) is 14.6 Å². The van der Waals surface area contributed by atoms with Crippen molar-refractivity contribution < 1.29 is 13.6 Å². The first-order valence-electron chi connectivity index (χ1n) is 11.7. The Morgan fingerprint density at radius 1 is 0.838 bits per heavy atom. The maximum Gasteiger partial charge on any atom is 0.291 e. The van der Waals surface area contributed by atoms with Crippen LogP contribution in [0, 0.1) is 0 Å². The van der Waals surface area contributed by atoms with Crippen LogP contribution >= 0.6 is 0 Å². The minimum Gasteiger partial charge on any atom is -0.459 e. The van der Waals surface area contributed by atoms with E-state index in [0.717, 1.165) is 44.4 Å². The average Bonchev–Trinajstić information content (AvgIpc) is 3.69. The smallest absolute Gasteiger partial charge is 0.291 e. The minimum atomic E-state index is -0.307. The van der Waals surface area contributed by atoms with E-state index < -0.39 is 0 Å². The standard InChI is InChI=1S/C29H19N5O3/c35-28(26-9-4-16-36-26)31-18-10-12-19(13-11-18)32-29-33-24(17-20-14-15-30-34(20)29)23-7-3-6-22-21-5-1-2-8-25(21)37-27(22)23/h1-17H,(H,31,35)(H,32,33). The second-order valence-electron chi connectivity index (χ2n) is 8.55. The van der Waals surface area contributed by atoms with E-state index in [2.05, 4.69) is 27.9 Å². The fraction of sp³-hybridized carbons (Fsp3) is 0. The van der Waals surface area contributed by atoms with E-state index in [-0.39, 0.29) is 11.7 Å².